The predicted octanol–water partition coefficient (Wildman–Crippen LogP) is 1.20. The summed E-state index contributed by atoms with van der Waals surface area (Å²) in [6, 6.07) is 6.00. The van der Waals surface area contributed by atoms with Gasteiger partial charge in [0.1, 0.15) is 0 Å². The number of halogens is 2. The highest BCUT2D eigenvalue weighted by molar-refractivity contribution is 5.85. The van der Waals surface area contributed by atoms with Crippen molar-refractivity contribution in [3.63, 3.8) is 0 Å². The van der Waals surface area contributed by atoms with Crippen LogP contribution >= 0.6 is 24.8 Å². The molecular weight excluding hydrogens is 363 g/mol. The fourth-order valence-corrected chi connectivity index (χ4v) is 3.55. The number of methoxy groups -OCH3 is 1. The first kappa shape index (κ1) is 22.1. The quantitative estimate of drug-likeness (QED) is 0.818. The molecule has 3 heterocycles. The summed E-state index contributed by atoms with van der Waals surface area (Å²) >= 11 is 0. The standard InChI is InChI=1S/C17H26N4O2.2ClH/c1-23-14-17(5-7-18-13-17)16(22)21-10-8-20(9-11-21)12-15-4-2-3-6-19-15;;/h2-4,6,18H,5,7-14H2,1H3;2*1H. The number of carbonyl (C=O) groups excluding carboxylic acids is 1. The van der Waals surface area contributed by atoms with Crippen LogP contribution in [-0.2, 0) is 16.1 Å². The lowest BCUT2D eigenvalue weighted by Crippen LogP contribution is -2.54. The zero-order valence-electron chi connectivity index (χ0n) is 14.6. The normalized spacial score (nSPS) is 23.6. The van der Waals surface area contributed by atoms with Crippen molar-refractivity contribution in [1.29, 1.82) is 0 Å². The van der Waals surface area contributed by atoms with Gasteiger partial charge in [-0.15, -0.1) is 24.8 Å². The second-order valence-electron chi connectivity index (χ2n) is 6.53. The SMILES string of the molecule is COCC1(C(=O)N2CCN(Cc3ccccn3)CC2)CCNC1.Cl.Cl. The van der Waals surface area contributed by atoms with Gasteiger partial charge in [-0.05, 0) is 25.1 Å². The molecule has 6 nitrogen and oxygen atoms in total. The van der Waals surface area contributed by atoms with Crippen LogP contribution in [0.3, 0.4) is 0 Å². The second kappa shape index (κ2) is 10.3. The Bertz CT molecular complexity index is 519. The van der Waals surface area contributed by atoms with Crippen molar-refractivity contribution in [2.45, 2.75) is 13.0 Å². The number of ether oxygens (including phenoxy) is 1. The van der Waals surface area contributed by atoms with Gasteiger partial charge in [0.25, 0.3) is 0 Å². The molecule has 1 aromatic rings. The number of aromatic nitrogens is 1. The zero-order valence-corrected chi connectivity index (χ0v) is 16.3. The summed E-state index contributed by atoms with van der Waals surface area (Å²) in [6.07, 6.45) is 2.70. The molecule has 1 unspecified atom stereocenters. The number of pyridine rings is 1. The van der Waals surface area contributed by atoms with E-state index in [-0.39, 0.29) is 36.1 Å². The largest absolute Gasteiger partial charge is 0.384 e. The summed E-state index contributed by atoms with van der Waals surface area (Å²) in [4.78, 5) is 21.7. The van der Waals surface area contributed by atoms with Gasteiger partial charge >= 0.3 is 0 Å². The highest BCUT2D eigenvalue weighted by Gasteiger charge is 2.44. The van der Waals surface area contributed by atoms with E-state index in [1.165, 1.54) is 0 Å². The predicted molar refractivity (Wildman–Crippen MR) is 102 cm³/mol. The molecule has 3 rings (SSSR count). The van der Waals surface area contributed by atoms with Crippen LogP contribution in [-0.4, -0.2) is 73.7 Å². The van der Waals surface area contributed by atoms with Gasteiger partial charge in [-0.25, -0.2) is 0 Å². The van der Waals surface area contributed by atoms with Crippen molar-refractivity contribution in [3.8, 4) is 0 Å². The molecule has 142 valence electrons. The van der Waals surface area contributed by atoms with E-state index in [9.17, 15) is 4.79 Å². The van der Waals surface area contributed by atoms with Gasteiger partial charge in [-0.2, -0.15) is 0 Å². The van der Waals surface area contributed by atoms with E-state index < -0.39 is 0 Å². The first-order valence-corrected chi connectivity index (χ1v) is 8.35. The van der Waals surface area contributed by atoms with Crippen molar-refractivity contribution in [2.75, 3.05) is 53.0 Å². The Morgan fingerprint density at radius 2 is 2.04 bits per heavy atom. The molecule has 1 amide bonds. The molecule has 25 heavy (non-hydrogen) atoms. The topological polar surface area (TPSA) is 57.7 Å². The molecule has 1 N–H and O–H groups in total. The molecule has 2 aliphatic rings. The van der Waals surface area contributed by atoms with E-state index in [1.807, 2.05) is 23.2 Å². The summed E-state index contributed by atoms with van der Waals surface area (Å²) in [6.45, 7) is 6.37. The molecule has 1 aromatic heterocycles. The summed E-state index contributed by atoms with van der Waals surface area (Å²) in [7, 11) is 1.68. The first-order valence-electron chi connectivity index (χ1n) is 8.35. The van der Waals surface area contributed by atoms with Crippen molar-refractivity contribution in [3.05, 3.63) is 30.1 Å². The number of amides is 1. The van der Waals surface area contributed by atoms with Crippen molar-refractivity contribution >= 4 is 30.7 Å². The monoisotopic (exact) mass is 390 g/mol. The molecule has 8 heteroatoms. The fourth-order valence-electron chi connectivity index (χ4n) is 3.55. The zero-order chi connectivity index (χ0) is 16.1. The van der Waals surface area contributed by atoms with Crippen LogP contribution in [0.5, 0.6) is 0 Å². The van der Waals surface area contributed by atoms with Crippen molar-refractivity contribution in [2.24, 2.45) is 5.41 Å². The molecule has 0 aromatic carbocycles. The number of hydrogen-bond acceptors (Lipinski definition) is 5. The van der Waals surface area contributed by atoms with Gasteiger partial charge in [0.2, 0.25) is 5.91 Å². The molecule has 2 aliphatic heterocycles. The van der Waals surface area contributed by atoms with Crippen LogP contribution in [0.4, 0.5) is 0 Å². The Morgan fingerprint density at radius 3 is 2.60 bits per heavy atom. The lowest BCUT2D eigenvalue weighted by Gasteiger charge is -2.39. The Hall–Kier alpha value is -0.920. The number of nitrogens with zero attached hydrogens (tertiary/aromatic N) is 3. The van der Waals surface area contributed by atoms with Gasteiger partial charge in [0.15, 0.2) is 0 Å². The van der Waals surface area contributed by atoms with E-state index in [0.717, 1.165) is 57.9 Å². The van der Waals surface area contributed by atoms with Gasteiger partial charge < -0.3 is 15.0 Å². The molecule has 2 saturated heterocycles. The van der Waals surface area contributed by atoms with Crippen molar-refractivity contribution < 1.29 is 9.53 Å². The smallest absolute Gasteiger partial charge is 0.232 e. The molecule has 2 fully saturated rings. The van der Waals surface area contributed by atoms with E-state index in [1.54, 1.807) is 7.11 Å². The summed E-state index contributed by atoms with van der Waals surface area (Å²) in [5.74, 6) is 0.252. The number of rotatable bonds is 5. The van der Waals surface area contributed by atoms with Crippen LogP contribution in [0, 0.1) is 5.41 Å². The Morgan fingerprint density at radius 1 is 1.28 bits per heavy atom. The first-order chi connectivity index (χ1) is 11.2. The van der Waals surface area contributed by atoms with Gasteiger partial charge in [0.05, 0.1) is 17.7 Å². The maximum Gasteiger partial charge on any atom is 0.232 e. The summed E-state index contributed by atoms with van der Waals surface area (Å²) < 4.78 is 5.34. The van der Waals surface area contributed by atoms with Crippen molar-refractivity contribution in [1.82, 2.24) is 20.1 Å². The highest BCUT2D eigenvalue weighted by Crippen LogP contribution is 2.29. The number of piperazine rings is 1. The average Bonchev–Trinajstić information content (AvgIpc) is 3.06. The van der Waals surface area contributed by atoms with Gasteiger partial charge in [-0.3, -0.25) is 14.7 Å². The number of hydrogen-bond donors (Lipinski definition) is 1. The minimum Gasteiger partial charge on any atom is -0.384 e. The third-order valence-corrected chi connectivity index (χ3v) is 4.89. The van der Waals surface area contributed by atoms with Gasteiger partial charge in [-0.1, -0.05) is 6.07 Å². The molecule has 0 spiro atoms. The van der Waals surface area contributed by atoms with Crippen LogP contribution in [0.25, 0.3) is 0 Å². The third-order valence-electron chi connectivity index (χ3n) is 4.89. The summed E-state index contributed by atoms with van der Waals surface area (Å²) in [5.41, 5.74) is 0.723. The summed E-state index contributed by atoms with van der Waals surface area (Å²) in [5, 5.41) is 3.31. The Kier molecular flexibility index (Phi) is 9.10. The van der Waals surface area contributed by atoms with Crippen LogP contribution in [0.2, 0.25) is 0 Å². The van der Waals surface area contributed by atoms with Crippen LogP contribution < -0.4 is 5.32 Å². The van der Waals surface area contributed by atoms with E-state index in [4.69, 9.17) is 4.74 Å². The molecule has 0 radical (unpaired) electrons. The number of carbonyl (C=O) groups is 1. The average molecular weight is 391 g/mol. The molecular formula is C17H28Cl2N4O2. The Balaban J connectivity index is 0.00000156. The minimum absolute atomic E-state index is 0. The van der Waals surface area contributed by atoms with Crippen LogP contribution in [0.15, 0.2) is 24.4 Å². The number of nitrogens with one attached hydrogen (secondary N) is 1. The molecule has 0 bridgehead atoms. The maximum absolute atomic E-state index is 13.0. The fraction of sp³-hybridized carbons (Fsp3) is 0.647. The highest BCUT2D eigenvalue weighted by atomic mass is 35.5. The van der Waals surface area contributed by atoms with E-state index in [0.29, 0.717) is 6.61 Å². The third kappa shape index (κ3) is 5.28. The lowest BCUT2D eigenvalue weighted by atomic mass is 9.86. The van der Waals surface area contributed by atoms with E-state index in [2.05, 4.69) is 21.3 Å². The Labute approximate surface area is 162 Å². The molecule has 0 saturated carbocycles. The lowest BCUT2D eigenvalue weighted by molar-refractivity contribution is -0.146. The maximum atomic E-state index is 13.0. The molecule has 0 aliphatic carbocycles. The van der Waals surface area contributed by atoms with Gasteiger partial charge in [0, 0.05) is 52.6 Å². The van der Waals surface area contributed by atoms with Crippen LogP contribution in [0.1, 0.15) is 12.1 Å². The minimum atomic E-state index is -0.363. The second-order valence-corrected chi connectivity index (χ2v) is 6.53. The van der Waals surface area contributed by atoms with E-state index >= 15 is 0 Å². The molecule has 1 atom stereocenters.